The van der Waals surface area contributed by atoms with Gasteiger partial charge < -0.3 is 14.8 Å². The van der Waals surface area contributed by atoms with Crippen molar-refractivity contribution in [2.45, 2.75) is 32.4 Å². The van der Waals surface area contributed by atoms with Crippen LogP contribution in [0.2, 0.25) is 0 Å². The number of ether oxygens (including phenoxy) is 2. The summed E-state index contributed by atoms with van der Waals surface area (Å²) in [5.74, 6) is 0.278. The molecule has 0 spiro atoms. The maximum Gasteiger partial charge on any atom is 0.311 e. The number of benzene rings is 1. The summed E-state index contributed by atoms with van der Waals surface area (Å²) < 4.78 is 10.1. The first-order valence-electron chi connectivity index (χ1n) is 6.66. The van der Waals surface area contributed by atoms with Gasteiger partial charge in [0.05, 0.1) is 18.6 Å². The van der Waals surface area contributed by atoms with Crippen molar-refractivity contribution in [3.63, 3.8) is 0 Å². The predicted octanol–water partition coefficient (Wildman–Crippen LogP) is 2.51. The molecule has 1 rings (SSSR count). The molecule has 0 bridgehead atoms. The zero-order valence-corrected chi connectivity index (χ0v) is 12.2. The van der Waals surface area contributed by atoms with Gasteiger partial charge in [-0.15, -0.1) is 0 Å². The van der Waals surface area contributed by atoms with Crippen LogP contribution < -0.4 is 10.1 Å². The van der Waals surface area contributed by atoms with Crippen molar-refractivity contribution in [3.8, 4) is 5.75 Å². The molecule has 0 radical (unpaired) electrons. The van der Waals surface area contributed by atoms with Gasteiger partial charge in [-0.1, -0.05) is 19.4 Å². The summed E-state index contributed by atoms with van der Waals surface area (Å²) in [5, 5.41) is 14.3. The molecule has 0 aliphatic heterocycles. The summed E-state index contributed by atoms with van der Waals surface area (Å²) in [7, 11) is 3.10. The first-order chi connectivity index (χ1) is 9.62. The van der Waals surface area contributed by atoms with Crippen LogP contribution in [-0.2, 0) is 11.3 Å². The van der Waals surface area contributed by atoms with Crippen LogP contribution in [0.1, 0.15) is 25.3 Å². The molecule has 6 nitrogen and oxygen atoms in total. The van der Waals surface area contributed by atoms with Gasteiger partial charge in [0.15, 0.2) is 5.75 Å². The van der Waals surface area contributed by atoms with E-state index in [4.69, 9.17) is 9.47 Å². The Kier molecular flexibility index (Phi) is 6.97. The molecular formula is C14H22N2O4. The highest BCUT2D eigenvalue weighted by molar-refractivity contribution is 5.48. The standard InChI is InChI=1S/C14H22N2O4/c1-4-5-12(10-19-2)15-9-11-6-7-14(20-3)13(8-11)16(17)18/h6-8,12,15H,4-5,9-10H2,1-3H3. The fourth-order valence-corrected chi connectivity index (χ4v) is 2.04. The van der Waals surface area contributed by atoms with Crippen LogP contribution in [0.4, 0.5) is 5.69 Å². The normalized spacial score (nSPS) is 12.2. The highest BCUT2D eigenvalue weighted by atomic mass is 16.6. The van der Waals surface area contributed by atoms with Crippen molar-refractivity contribution in [1.82, 2.24) is 5.32 Å². The van der Waals surface area contributed by atoms with E-state index in [-0.39, 0.29) is 17.5 Å². The number of rotatable bonds is 9. The number of hydrogen-bond acceptors (Lipinski definition) is 5. The molecule has 0 fully saturated rings. The van der Waals surface area contributed by atoms with Crippen molar-refractivity contribution in [2.75, 3.05) is 20.8 Å². The molecule has 0 aromatic heterocycles. The Labute approximate surface area is 119 Å². The molecular weight excluding hydrogens is 260 g/mol. The monoisotopic (exact) mass is 282 g/mol. The molecule has 112 valence electrons. The van der Waals surface area contributed by atoms with Crippen molar-refractivity contribution >= 4 is 5.69 Å². The molecule has 6 heteroatoms. The minimum atomic E-state index is -0.430. The molecule has 0 saturated heterocycles. The summed E-state index contributed by atoms with van der Waals surface area (Å²) in [4.78, 5) is 10.5. The van der Waals surface area contributed by atoms with Crippen LogP contribution in [-0.4, -0.2) is 31.8 Å². The van der Waals surface area contributed by atoms with Crippen LogP contribution in [0, 0.1) is 10.1 Å². The summed E-state index contributed by atoms with van der Waals surface area (Å²) in [6.07, 6.45) is 2.07. The third-order valence-electron chi connectivity index (χ3n) is 3.04. The van der Waals surface area contributed by atoms with Gasteiger partial charge in [-0.05, 0) is 18.1 Å². The van der Waals surface area contributed by atoms with E-state index >= 15 is 0 Å². The van der Waals surface area contributed by atoms with Gasteiger partial charge in [0, 0.05) is 25.8 Å². The van der Waals surface area contributed by atoms with Crippen molar-refractivity contribution < 1.29 is 14.4 Å². The first-order valence-corrected chi connectivity index (χ1v) is 6.66. The van der Waals surface area contributed by atoms with Crippen LogP contribution in [0.15, 0.2) is 18.2 Å². The Morgan fingerprint density at radius 2 is 2.15 bits per heavy atom. The Bertz CT molecular complexity index is 431. The van der Waals surface area contributed by atoms with E-state index in [1.54, 1.807) is 19.2 Å². The Morgan fingerprint density at radius 1 is 1.40 bits per heavy atom. The van der Waals surface area contributed by atoms with Gasteiger partial charge in [0.25, 0.3) is 0 Å². The molecule has 0 aliphatic carbocycles. The van der Waals surface area contributed by atoms with Crippen LogP contribution in [0.5, 0.6) is 5.75 Å². The highest BCUT2D eigenvalue weighted by Gasteiger charge is 2.15. The number of hydrogen-bond donors (Lipinski definition) is 1. The van der Waals surface area contributed by atoms with Gasteiger partial charge in [0.1, 0.15) is 0 Å². The zero-order chi connectivity index (χ0) is 15.0. The van der Waals surface area contributed by atoms with Crippen molar-refractivity contribution in [1.29, 1.82) is 0 Å². The average molecular weight is 282 g/mol. The van der Waals surface area contributed by atoms with Crippen molar-refractivity contribution in [3.05, 3.63) is 33.9 Å². The van der Waals surface area contributed by atoms with E-state index in [0.29, 0.717) is 13.2 Å². The second-order valence-electron chi connectivity index (χ2n) is 4.59. The Hall–Kier alpha value is -1.66. The summed E-state index contributed by atoms with van der Waals surface area (Å²) in [5.41, 5.74) is 0.847. The third kappa shape index (κ3) is 4.79. The lowest BCUT2D eigenvalue weighted by Crippen LogP contribution is -2.32. The van der Waals surface area contributed by atoms with Crippen molar-refractivity contribution in [2.24, 2.45) is 0 Å². The fourth-order valence-electron chi connectivity index (χ4n) is 2.04. The number of nitrogens with zero attached hydrogens (tertiary/aromatic N) is 1. The zero-order valence-electron chi connectivity index (χ0n) is 12.2. The lowest BCUT2D eigenvalue weighted by atomic mass is 10.1. The number of nitro benzene ring substituents is 1. The predicted molar refractivity (Wildman–Crippen MR) is 77.1 cm³/mol. The number of nitro groups is 1. The van der Waals surface area contributed by atoms with Gasteiger partial charge in [0.2, 0.25) is 0 Å². The van der Waals surface area contributed by atoms with Gasteiger partial charge in [-0.3, -0.25) is 10.1 Å². The lowest BCUT2D eigenvalue weighted by molar-refractivity contribution is -0.385. The summed E-state index contributed by atoms with van der Waals surface area (Å²) >= 11 is 0. The van der Waals surface area contributed by atoms with E-state index in [2.05, 4.69) is 12.2 Å². The van der Waals surface area contributed by atoms with E-state index < -0.39 is 4.92 Å². The SMILES string of the molecule is CCCC(COC)NCc1ccc(OC)c([N+](=O)[O-])c1. The molecule has 0 saturated carbocycles. The molecule has 20 heavy (non-hydrogen) atoms. The van der Waals surface area contributed by atoms with Crippen LogP contribution >= 0.6 is 0 Å². The molecule has 0 aliphatic rings. The maximum absolute atomic E-state index is 11.0. The van der Waals surface area contributed by atoms with E-state index in [1.165, 1.54) is 7.11 Å². The average Bonchev–Trinajstić information content (AvgIpc) is 2.45. The minimum absolute atomic E-state index is 0.00872. The maximum atomic E-state index is 11.0. The van der Waals surface area contributed by atoms with Gasteiger partial charge in [-0.25, -0.2) is 0 Å². The minimum Gasteiger partial charge on any atom is -0.490 e. The van der Waals surface area contributed by atoms with Gasteiger partial charge in [-0.2, -0.15) is 0 Å². The van der Waals surface area contributed by atoms with E-state index in [1.807, 2.05) is 6.07 Å². The topological polar surface area (TPSA) is 73.6 Å². The van der Waals surface area contributed by atoms with Gasteiger partial charge >= 0.3 is 5.69 Å². The smallest absolute Gasteiger partial charge is 0.311 e. The summed E-state index contributed by atoms with van der Waals surface area (Å²) in [6, 6.07) is 5.25. The Balaban J connectivity index is 2.72. The highest BCUT2D eigenvalue weighted by Crippen LogP contribution is 2.27. The lowest BCUT2D eigenvalue weighted by Gasteiger charge is -2.17. The quantitative estimate of drug-likeness (QED) is 0.556. The molecule has 1 N–H and O–H groups in total. The van der Waals surface area contributed by atoms with Crippen LogP contribution in [0.25, 0.3) is 0 Å². The third-order valence-corrected chi connectivity index (χ3v) is 3.04. The molecule has 1 aromatic rings. The number of methoxy groups -OCH3 is 2. The molecule has 1 aromatic carbocycles. The number of nitrogens with one attached hydrogen (secondary N) is 1. The molecule has 1 atom stereocenters. The molecule has 0 amide bonds. The largest absolute Gasteiger partial charge is 0.490 e. The van der Waals surface area contributed by atoms with E-state index in [0.717, 1.165) is 18.4 Å². The van der Waals surface area contributed by atoms with E-state index in [9.17, 15) is 10.1 Å². The van der Waals surface area contributed by atoms with Crippen LogP contribution in [0.3, 0.4) is 0 Å². The second kappa shape index (κ2) is 8.50. The molecule has 0 heterocycles. The molecule has 1 unspecified atom stereocenters. The first kappa shape index (κ1) is 16.4. The second-order valence-corrected chi connectivity index (χ2v) is 4.59. The fraction of sp³-hybridized carbons (Fsp3) is 0.571. The summed E-state index contributed by atoms with van der Waals surface area (Å²) in [6.45, 7) is 3.31. The Morgan fingerprint density at radius 3 is 2.70 bits per heavy atom.